The Balaban J connectivity index is 2.34. The molecule has 1 aromatic carbocycles. The van der Waals surface area contributed by atoms with Crippen molar-refractivity contribution in [3.8, 4) is 5.75 Å². The number of hydrogen-bond donors (Lipinski definition) is 5. The Hall–Kier alpha value is -1.50. The summed E-state index contributed by atoms with van der Waals surface area (Å²) in [7, 11) is 1.66. The Morgan fingerprint density at radius 3 is 2.26 bits per heavy atom. The first-order valence-corrected chi connectivity index (χ1v) is 8.44. The minimum absolute atomic E-state index is 0.260. The molecule has 0 saturated carbocycles. The minimum Gasteiger partial charge on any atom is -0.494 e. The van der Waals surface area contributed by atoms with Gasteiger partial charge in [0.2, 0.25) is 0 Å². The first kappa shape index (κ1) is 19.5. The zero-order valence-electron chi connectivity index (χ0n) is 14.1. The molecule has 5 N–H and O–H groups in total. The zero-order chi connectivity index (χ0) is 16.8. The Kier molecular flexibility index (Phi) is 11.0. The normalized spacial score (nSPS) is 10.6. The fourth-order valence-corrected chi connectivity index (χ4v) is 2.21. The minimum atomic E-state index is 0.260. The van der Waals surface area contributed by atoms with Gasteiger partial charge in [0.1, 0.15) is 5.75 Å². The Bertz CT molecular complexity index is 416. The van der Waals surface area contributed by atoms with Gasteiger partial charge in [0.25, 0.3) is 0 Å². The topological polar surface area (TPSA) is 85.8 Å². The van der Waals surface area contributed by atoms with E-state index in [2.05, 4.69) is 16.2 Å². The molecule has 0 amide bonds. The first-order valence-electron chi connectivity index (χ1n) is 8.44. The molecule has 0 bridgehead atoms. The number of rotatable bonds is 14. The van der Waals surface area contributed by atoms with Crippen molar-refractivity contribution in [2.24, 2.45) is 0 Å². The molecule has 0 aliphatic carbocycles. The Labute approximate surface area is 139 Å². The van der Waals surface area contributed by atoms with Crippen molar-refractivity contribution in [3.05, 3.63) is 18.2 Å². The predicted molar refractivity (Wildman–Crippen MR) is 95.0 cm³/mol. The second kappa shape index (κ2) is 13.0. The lowest BCUT2D eigenvalue weighted by Gasteiger charge is -2.14. The fourth-order valence-electron chi connectivity index (χ4n) is 2.21. The summed E-state index contributed by atoms with van der Waals surface area (Å²) in [5, 5.41) is 20.8. The summed E-state index contributed by atoms with van der Waals surface area (Å²) in [4.78, 5) is 0. The van der Waals surface area contributed by atoms with Crippen LogP contribution in [0, 0.1) is 0 Å². The number of aliphatic hydroxyl groups is 2. The number of anilines is 2. The van der Waals surface area contributed by atoms with Crippen LogP contribution in [0.1, 0.15) is 38.5 Å². The van der Waals surface area contributed by atoms with Crippen molar-refractivity contribution in [2.75, 3.05) is 44.2 Å². The fraction of sp³-hybridized carbons (Fsp3) is 0.647. The molecular formula is C17H31N3O3. The number of hydrazine groups is 1. The average molecular weight is 325 g/mol. The number of ether oxygens (including phenoxy) is 1. The van der Waals surface area contributed by atoms with E-state index in [0.717, 1.165) is 68.7 Å². The van der Waals surface area contributed by atoms with E-state index in [-0.39, 0.29) is 13.2 Å². The van der Waals surface area contributed by atoms with Crippen molar-refractivity contribution < 1.29 is 14.9 Å². The van der Waals surface area contributed by atoms with Crippen molar-refractivity contribution in [1.29, 1.82) is 0 Å². The molecule has 0 atom stereocenters. The van der Waals surface area contributed by atoms with Gasteiger partial charge < -0.3 is 25.7 Å². The van der Waals surface area contributed by atoms with Crippen LogP contribution in [0.3, 0.4) is 0 Å². The van der Waals surface area contributed by atoms with E-state index in [9.17, 15) is 0 Å². The molecule has 6 heteroatoms. The second-order valence-electron chi connectivity index (χ2n) is 5.46. The van der Waals surface area contributed by atoms with Gasteiger partial charge in [0.15, 0.2) is 0 Å². The van der Waals surface area contributed by atoms with Crippen LogP contribution >= 0.6 is 0 Å². The van der Waals surface area contributed by atoms with Crippen LogP contribution in [0.15, 0.2) is 18.2 Å². The van der Waals surface area contributed by atoms with Crippen LogP contribution in [0.5, 0.6) is 5.75 Å². The van der Waals surface area contributed by atoms with E-state index in [0.29, 0.717) is 0 Å². The van der Waals surface area contributed by atoms with E-state index in [1.807, 2.05) is 18.2 Å². The number of benzene rings is 1. The summed E-state index contributed by atoms with van der Waals surface area (Å²) in [6.45, 7) is 2.25. The largest absolute Gasteiger partial charge is 0.494 e. The molecule has 1 rings (SSSR count). The lowest BCUT2D eigenvalue weighted by atomic mass is 10.2. The predicted octanol–water partition coefficient (Wildman–Crippen LogP) is 2.35. The molecule has 132 valence electrons. The third kappa shape index (κ3) is 8.64. The number of hydrogen-bond acceptors (Lipinski definition) is 6. The summed E-state index contributed by atoms with van der Waals surface area (Å²) in [5.41, 5.74) is 8.26. The lowest BCUT2D eigenvalue weighted by molar-refractivity contribution is 0.283. The average Bonchev–Trinajstić information content (AvgIpc) is 2.58. The highest BCUT2D eigenvalue weighted by molar-refractivity contribution is 5.63. The van der Waals surface area contributed by atoms with Crippen molar-refractivity contribution in [2.45, 2.75) is 38.5 Å². The van der Waals surface area contributed by atoms with E-state index < -0.39 is 0 Å². The number of nitrogens with one attached hydrogen (secondary N) is 3. The molecule has 0 fully saturated rings. The van der Waals surface area contributed by atoms with E-state index in [1.54, 1.807) is 7.11 Å². The highest BCUT2D eigenvalue weighted by atomic mass is 16.5. The van der Waals surface area contributed by atoms with Gasteiger partial charge in [-0.1, -0.05) is 0 Å². The SMILES string of the molecule is COc1cc(NCCCCCO)ccc1NNCCCCCO. The lowest BCUT2D eigenvalue weighted by Crippen LogP contribution is -2.23. The van der Waals surface area contributed by atoms with Crippen molar-refractivity contribution in [1.82, 2.24) is 5.43 Å². The molecule has 0 spiro atoms. The monoisotopic (exact) mass is 325 g/mol. The maximum Gasteiger partial charge on any atom is 0.145 e. The van der Waals surface area contributed by atoms with Gasteiger partial charge in [0.05, 0.1) is 12.8 Å². The van der Waals surface area contributed by atoms with Gasteiger partial charge in [-0.2, -0.15) is 0 Å². The maximum atomic E-state index is 8.75. The number of methoxy groups -OCH3 is 1. The molecule has 0 saturated heterocycles. The Morgan fingerprint density at radius 1 is 0.913 bits per heavy atom. The van der Waals surface area contributed by atoms with Crippen molar-refractivity contribution in [3.63, 3.8) is 0 Å². The summed E-state index contributed by atoms with van der Waals surface area (Å²) >= 11 is 0. The molecule has 6 nitrogen and oxygen atoms in total. The maximum absolute atomic E-state index is 8.75. The summed E-state index contributed by atoms with van der Waals surface area (Å²) in [5.74, 6) is 0.785. The number of unbranched alkanes of at least 4 members (excludes halogenated alkanes) is 4. The van der Waals surface area contributed by atoms with Crippen molar-refractivity contribution >= 4 is 11.4 Å². The molecule has 0 aliphatic rings. The second-order valence-corrected chi connectivity index (χ2v) is 5.46. The van der Waals surface area contributed by atoms with Crippen LogP contribution in [0.4, 0.5) is 11.4 Å². The van der Waals surface area contributed by atoms with Crippen LogP contribution in [0.2, 0.25) is 0 Å². The molecule has 0 aromatic heterocycles. The summed E-state index contributed by atoms with van der Waals surface area (Å²) < 4.78 is 5.42. The molecule has 0 heterocycles. The van der Waals surface area contributed by atoms with Gasteiger partial charge in [-0.25, -0.2) is 5.43 Å². The molecule has 0 radical (unpaired) electrons. The highest BCUT2D eigenvalue weighted by Crippen LogP contribution is 2.27. The molecule has 23 heavy (non-hydrogen) atoms. The number of aliphatic hydroxyl groups excluding tert-OH is 2. The van der Waals surface area contributed by atoms with Crippen LogP contribution in [-0.4, -0.2) is 43.6 Å². The quantitative estimate of drug-likeness (QED) is 0.267. The van der Waals surface area contributed by atoms with E-state index in [1.165, 1.54) is 0 Å². The van der Waals surface area contributed by atoms with Gasteiger partial charge in [-0.3, -0.25) is 0 Å². The van der Waals surface area contributed by atoms with E-state index in [4.69, 9.17) is 14.9 Å². The standard InChI is InChI=1S/C17H31N3O3/c1-23-17-14-15(18-10-4-2-6-12-21)8-9-16(17)20-19-11-5-3-7-13-22/h8-9,14,18-22H,2-7,10-13H2,1H3. The van der Waals surface area contributed by atoms with Crippen LogP contribution < -0.4 is 20.9 Å². The third-order valence-electron chi connectivity index (χ3n) is 3.55. The molecule has 0 aliphatic heterocycles. The smallest absolute Gasteiger partial charge is 0.145 e. The summed E-state index contributed by atoms with van der Waals surface area (Å²) in [6.07, 6.45) is 5.81. The van der Waals surface area contributed by atoms with Gasteiger partial charge in [-0.05, 0) is 50.7 Å². The van der Waals surface area contributed by atoms with Gasteiger partial charge in [0, 0.05) is 38.1 Å². The van der Waals surface area contributed by atoms with Gasteiger partial charge in [-0.15, -0.1) is 0 Å². The summed E-state index contributed by atoms with van der Waals surface area (Å²) in [6, 6.07) is 5.97. The van der Waals surface area contributed by atoms with Crippen LogP contribution in [0.25, 0.3) is 0 Å². The first-order chi connectivity index (χ1) is 11.3. The molecule has 1 aromatic rings. The highest BCUT2D eigenvalue weighted by Gasteiger charge is 2.04. The molecule has 0 unspecified atom stereocenters. The van der Waals surface area contributed by atoms with E-state index >= 15 is 0 Å². The Morgan fingerprint density at radius 2 is 1.61 bits per heavy atom. The molecular weight excluding hydrogens is 294 g/mol. The van der Waals surface area contributed by atoms with Crippen LogP contribution in [-0.2, 0) is 0 Å². The third-order valence-corrected chi connectivity index (χ3v) is 3.55. The zero-order valence-corrected chi connectivity index (χ0v) is 14.1. The van der Waals surface area contributed by atoms with Gasteiger partial charge >= 0.3 is 0 Å².